The first kappa shape index (κ1) is 16.5. The van der Waals surface area contributed by atoms with Crippen LogP contribution in [0.3, 0.4) is 0 Å². The van der Waals surface area contributed by atoms with E-state index in [-0.39, 0.29) is 5.91 Å². The third kappa shape index (κ3) is 5.19. The predicted molar refractivity (Wildman–Crippen MR) is 84.0 cm³/mol. The van der Waals surface area contributed by atoms with Crippen LogP contribution >= 0.6 is 0 Å². The van der Waals surface area contributed by atoms with Gasteiger partial charge in [0.05, 0.1) is 17.4 Å². The van der Waals surface area contributed by atoms with Gasteiger partial charge in [-0.05, 0) is 25.3 Å². The third-order valence-corrected chi connectivity index (χ3v) is 3.53. The monoisotopic (exact) mass is 277 g/mol. The lowest BCUT2D eigenvalue weighted by Crippen LogP contribution is -2.29. The highest BCUT2D eigenvalue weighted by Crippen LogP contribution is 2.14. The van der Waals surface area contributed by atoms with Crippen molar-refractivity contribution in [3.63, 3.8) is 0 Å². The number of nitrogens with zero attached hydrogens (tertiary/aromatic N) is 1. The summed E-state index contributed by atoms with van der Waals surface area (Å²) in [6.07, 6.45) is 8.09. The molecule has 0 saturated heterocycles. The fourth-order valence-corrected chi connectivity index (χ4v) is 2.20. The van der Waals surface area contributed by atoms with E-state index >= 15 is 0 Å². The zero-order valence-corrected chi connectivity index (χ0v) is 12.9. The zero-order valence-electron chi connectivity index (χ0n) is 12.9. The van der Waals surface area contributed by atoms with Gasteiger partial charge in [-0.3, -0.25) is 9.78 Å². The lowest BCUT2D eigenvalue weighted by Gasteiger charge is -2.16. The molecule has 1 aromatic heterocycles. The number of carbonyl (C=O) groups is 1. The topological polar surface area (TPSA) is 54.0 Å². The molecule has 0 saturated carbocycles. The molecule has 0 aliphatic heterocycles. The Hall–Kier alpha value is -1.58. The van der Waals surface area contributed by atoms with Gasteiger partial charge in [-0.25, -0.2) is 0 Å². The van der Waals surface area contributed by atoms with Crippen molar-refractivity contribution in [2.45, 2.75) is 46.5 Å². The number of pyridine rings is 1. The van der Waals surface area contributed by atoms with E-state index in [2.05, 4.69) is 29.5 Å². The summed E-state index contributed by atoms with van der Waals surface area (Å²) >= 11 is 0. The summed E-state index contributed by atoms with van der Waals surface area (Å²) in [7, 11) is 0. The van der Waals surface area contributed by atoms with Crippen molar-refractivity contribution in [2.24, 2.45) is 5.92 Å². The number of nitrogens with one attached hydrogen (secondary N) is 2. The van der Waals surface area contributed by atoms with Crippen molar-refractivity contribution in [1.82, 2.24) is 10.3 Å². The molecule has 4 heteroatoms. The molecule has 112 valence electrons. The molecule has 0 aromatic carbocycles. The summed E-state index contributed by atoms with van der Waals surface area (Å²) in [5, 5.41) is 6.22. The molecule has 0 aliphatic carbocycles. The van der Waals surface area contributed by atoms with Crippen molar-refractivity contribution in [1.29, 1.82) is 0 Å². The second kappa shape index (κ2) is 9.34. The van der Waals surface area contributed by atoms with E-state index in [1.54, 1.807) is 18.5 Å². The Bertz CT molecular complexity index is 406. The maximum absolute atomic E-state index is 12.3. The summed E-state index contributed by atoms with van der Waals surface area (Å²) < 4.78 is 0. The van der Waals surface area contributed by atoms with Gasteiger partial charge < -0.3 is 10.6 Å². The molecule has 1 amide bonds. The van der Waals surface area contributed by atoms with Gasteiger partial charge in [-0.15, -0.1) is 0 Å². The second-order valence-electron chi connectivity index (χ2n) is 5.08. The van der Waals surface area contributed by atoms with E-state index in [9.17, 15) is 4.79 Å². The molecule has 0 radical (unpaired) electrons. The lowest BCUT2D eigenvalue weighted by molar-refractivity contribution is 0.0946. The minimum Gasteiger partial charge on any atom is -0.383 e. The molecular formula is C16H27N3O. The normalized spacial score (nSPS) is 11.9. The van der Waals surface area contributed by atoms with Crippen molar-refractivity contribution in [3.05, 3.63) is 24.0 Å². The molecule has 0 bridgehead atoms. The van der Waals surface area contributed by atoms with Gasteiger partial charge >= 0.3 is 0 Å². The van der Waals surface area contributed by atoms with Crippen molar-refractivity contribution >= 4 is 11.6 Å². The van der Waals surface area contributed by atoms with E-state index < -0.39 is 0 Å². The quantitative estimate of drug-likeness (QED) is 0.727. The maximum Gasteiger partial charge on any atom is 0.253 e. The highest BCUT2D eigenvalue weighted by molar-refractivity contribution is 5.99. The highest BCUT2D eigenvalue weighted by Gasteiger charge is 2.13. The molecule has 0 spiro atoms. The molecule has 4 nitrogen and oxygen atoms in total. The van der Waals surface area contributed by atoms with Crippen LogP contribution in [0.5, 0.6) is 0 Å². The first-order chi connectivity index (χ1) is 9.72. The second-order valence-corrected chi connectivity index (χ2v) is 5.08. The van der Waals surface area contributed by atoms with Gasteiger partial charge in [-0.2, -0.15) is 0 Å². The Balaban J connectivity index is 2.57. The summed E-state index contributed by atoms with van der Waals surface area (Å²) in [6.45, 7) is 7.92. The molecule has 1 unspecified atom stereocenters. The van der Waals surface area contributed by atoms with Gasteiger partial charge in [0, 0.05) is 19.3 Å². The molecule has 1 atom stereocenters. The van der Waals surface area contributed by atoms with E-state index in [1.807, 2.05) is 6.92 Å². The van der Waals surface area contributed by atoms with Crippen LogP contribution in [0.15, 0.2) is 18.5 Å². The Kier molecular flexibility index (Phi) is 7.70. The minimum absolute atomic E-state index is 0.0155. The highest BCUT2D eigenvalue weighted by atomic mass is 16.1. The van der Waals surface area contributed by atoms with Crippen LogP contribution in [0.25, 0.3) is 0 Å². The first-order valence-corrected chi connectivity index (χ1v) is 7.68. The smallest absolute Gasteiger partial charge is 0.253 e. The van der Waals surface area contributed by atoms with E-state index in [4.69, 9.17) is 0 Å². The number of hydrogen-bond donors (Lipinski definition) is 2. The Labute approximate surface area is 122 Å². The Morgan fingerprint density at radius 1 is 1.35 bits per heavy atom. The van der Waals surface area contributed by atoms with Crippen LogP contribution in [-0.2, 0) is 0 Å². The van der Waals surface area contributed by atoms with Gasteiger partial charge in [0.15, 0.2) is 0 Å². The Morgan fingerprint density at radius 2 is 2.15 bits per heavy atom. The van der Waals surface area contributed by atoms with Crippen molar-refractivity contribution < 1.29 is 4.79 Å². The van der Waals surface area contributed by atoms with Crippen LogP contribution in [0.4, 0.5) is 5.69 Å². The van der Waals surface area contributed by atoms with Crippen LogP contribution in [0, 0.1) is 5.92 Å². The average Bonchev–Trinajstić information content (AvgIpc) is 2.48. The SMILES string of the molecule is CCCCC(CC)CNC(=O)c1ccncc1NCC. The number of amides is 1. The summed E-state index contributed by atoms with van der Waals surface area (Å²) in [5.41, 5.74) is 1.47. The zero-order chi connectivity index (χ0) is 14.8. The average molecular weight is 277 g/mol. The number of carbonyl (C=O) groups excluding carboxylic acids is 1. The van der Waals surface area contributed by atoms with Crippen LogP contribution in [0.2, 0.25) is 0 Å². The van der Waals surface area contributed by atoms with Gasteiger partial charge in [0.25, 0.3) is 5.91 Å². The van der Waals surface area contributed by atoms with Crippen LogP contribution < -0.4 is 10.6 Å². The van der Waals surface area contributed by atoms with Gasteiger partial charge in [-0.1, -0.05) is 33.1 Å². The summed E-state index contributed by atoms with van der Waals surface area (Å²) in [4.78, 5) is 16.3. The molecule has 1 aromatic rings. The predicted octanol–water partition coefficient (Wildman–Crippen LogP) is 3.46. The van der Waals surface area contributed by atoms with E-state index in [0.717, 1.165) is 25.2 Å². The molecule has 1 heterocycles. The van der Waals surface area contributed by atoms with Crippen LogP contribution in [0.1, 0.15) is 56.8 Å². The summed E-state index contributed by atoms with van der Waals surface area (Å²) in [6, 6.07) is 1.76. The maximum atomic E-state index is 12.3. The number of aromatic nitrogens is 1. The third-order valence-electron chi connectivity index (χ3n) is 3.53. The summed E-state index contributed by atoms with van der Waals surface area (Å²) in [5.74, 6) is 0.557. The standard InChI is InChI=1S/C16H27N3O/c1-4-7-8-13(5-2)11-19-16(20)14-9-10-17-12-15(14)18-6-3/h9-10,12-13,18H,4-8,11H2,1-3H3,(H,19,20). The number of rotatable bonds is 9. The van der Waals surface area contributed by atoms with E-state index in [1.165, 1.54) is 19.3 Å². The molecule has 20 heavy (non-hydrogen) atoms. The number of hydrogen-bond acceptors (Lipinski definition) is 3. The number of anilines is 1. The van der Waals surface area contributed by atoms with Crippen molar-refractivity contribution in [3.8, 4) is 0 Å². The fourth-order valence-electron chi connectivity index (χ4n) is 2.20. The molecule has 1 rings (SSSR count). The first-order valence-electron chi connectivity index (χ1n) is 7.68. The largest absolute Gasteiger partial charge is 0.383 e. The van der Waals surface area contributed by atoms with Gasteiger partial charge in [0.1, 0.15) is 0 Å². The lowest BCUT2D eigenvalue weighted by atomic mass is 9.99. The minimum atomic E-state index is -0.0155. The molecule has 0 aliphatic rings. The molecule has 0 fully saturated rings. The van der Waals surface area contributed by atoms with Crippen LogP contribution in [-0.4, -0.2) is 24.0 Å². The molecular weight excluding hydrogens is 250 g/mol. The fraction of sp³-hybridized carbons (Fsp3) is 0.625. The van der Waals surface area contributed by atoms with Crippen molar-refractivity contribution in [2.75, 3.05) is 18.4 Å². The van der Waals surface area contributed by atoms with E-state index in [0.29, 0.717) is 11.5 Å². The Morgan fingerprint density at radius 3 is 2.80 bits per heavy atom. The number of unbranched alkanes of at least 4 members (excludes halogenated alkanes) is 1. The molecule has 2 N–H and O–H groups in total. The van der Waals surface area contributed by atoms with Gasteiger partial charge in [0.2, 0.25) is 0 Å².